The Bertz CT molecular complexity index is 718. The highest BCUT2D eigenvalue weighted by Crippen LogP contribution is 2.10. The van der Waals surface area contributed by atoms with Crippen molar-refractivity contribution >= 4 is 35.6 Å². The number of benzene rings is 1. The van der Waals surface area contributed by atoms with Crippen LogP contribution in [-0.2, 0) is 25.6 Å². The smallest absolute Gasteiger partial charge is 0.320 e. The predicted molar refractivity (Wildman–Crippen MR) is 120 cm³/mol. The Balaban J connectivity index is 0. The molecule has 0 radical (unpaired) electrons. The molecule has 0 fully saturated rings. The number of hydrogen-bond acceptors (Lipinski definition) is 9. The van der Waals surface area contributed by atoms with E-state index in [4.69, 9.17) is 43.4 Å². The maximum atomic E-state index is 10.4. The second-order valence-electron chi connectivity index (χ2n) is 6.49. The van der Waals surface area contributed by atoms with Crippen molar-refractivity contribution in [2.45, 2.75) is 43.8 Å². The lowest BCUT2D eigenvalue weighted by Crippen LogP contribution is -2.32. The van der Waals surface area contributed by atoms with Crippen molar-refractivity contribution in [1.29, 1.82) is 0 Å². The third kappa shape index (κ3) is 17.9. The van der Waals surface area contributed by atoms with E-state index in [2.05, 4.69) is 0 Å². The Morgan fingerprint density at radius 2 is 1.28 bits per heavy atom. The molecule has 0 aliphatic rings. The van der Waals surface area contributed by atoms with Crippen molar-refractivity contribution in [3.8, 4) is 5.75 Å². The van der Waals surface area contributed by atoms with Crippen molar-refractivity contribution in [1.82, 2.24) is 0 Å². The molecule has 3 unspecified atom stereocenters. The summed E-state index contributed by atoms with van der Waals surface area (Å²) in [5.74, 6) is -2.60. The molecular weight excluding hydrogens is 444 g/mol. The number of phenolic OH excluding ortho intramolecular Hbond substituents is 1. The number of aliphatic carboxylic acids is 3. The van der Waals surface area contributed by atoms with Crippen LogP contribution in [0.15, 0.2) is 24.3 Å². The van der Waals surface area contributed by atoms with Gasteiger partial charge in [-0.25, -0.2) is 0 Å². The van der Waals surface area contributed by atoms with Gasteiger partial charge in [-0.1, -0.05) is 12.1 Å². The van der Waals surface area contributed by atoms with Gasteiger partial charge in [0.1, 0.15) is 23.9 Å². The number of carbonyl (C=O) groups excluding carboxylic acids is 1. The highest BCUT2D eigenvalue weighted by Gasteiger charge is 2.12. The largest absolute Gasteiger partial charge is 0.508 e. The Morgan fingerprint density at radius 3 is 1.66 bits per heavy atom. The molecule has 182 valence electrons. The number of amides is 1. The van der Waals surface area contributed by atoms with Crippen LogP contribution in [0.25, 0.3) is 0 Å². The molecule has 32 heavy (non-hydrogen) atoms. The lowest BCUT2D eigenvalue weighted by Gasteiger charge is -2.05. The highest BCUT2D eigenvalue weighted by atomic mass is 32.2. The van der Waals surface area contributed by atoms with Crippen LogP contribution in [-0.4, -0.2) is 74.4 Å². The van der Waals surface area contributed by atoms with E-state index in [1.54, 1.807) is 23.9 Å². The average Bonchev–Trinajstić information content (AvgIpc) is 2.72. The second kappa shape index (κ2) is 17.8. The molecule has 0 saturated carbocycles. The molecular formula is C19H32N4O8S. The second-order valence-corrected chi connectivity index (χ2v) is 7.48. The summed E-state index contributed by atoms with van der Waals surface area (Å²) in [6.07, 6.45) is 2.87. The van der Waals surface area contributed by atoms with Crippen molar-refractivity contribution in [3.05, 3.63) is 29.8 Å². The molecule has 3 atom stereocenters. The molecule has 13 heteroatoms. The molecule has 12 nitrogen and oxygen atoms in total. The average molecular weight is 477 g/mol. The maximum Gasteiger partial charge on any atom is 0.320 e. The molecule has 0 aliphatic carbocycles. The molecule has 12 N–H and O–H groups in total. The number of thioether (sulfide) groups is 1. The molecule has 0 saturated heterocycles. The Hall–Kier alpha value is -2.87. The normalized spacial score (nSPS) is 12.6. The quantitative estimate of drug-likeness (QED) is 0.194. The minimum atomic E-state index is -1.11. The zero-order chi connectivity index (χ0) is 25.3. The fourth-order valence-corrected chi connectivity index (χ4v) is 2.25. The van der Waals surface area contributed by atoms with Gasteiger partial charge >= 0.3 is 17.9 Å². The van der Waals surface area contributed by atoms with E-state index in [0.717, 1.165) is 11.3 Å². The van der Waals surface area contributed by atoms with E-state index in [0.29, 0.717) is 6.42 Å². The number of carboxylic acids is 3. The number of aromatic hydroxyl groups is 1. The maximum absolute atomic E-state index is 10.4. The van der Waals surface area contributed by atoms with Gasteiger partial charge in [-0.2, -0.15) is 11.8 Å². The van der Waals surface area contributed by atoms with E-state index in [1.165, 1.54) is 12.1 Å². The third-order valence-electron chi connectivity index (χ3n) is 3.68. The number of primary amides is 1. The van der Waals surface area contributed by atoms with E-state index in [1.807, 2.05) is 6.26 Å². The molecule has 0 aliphatic heterocycles. The standard InChI is InChI=1S/C9H11NO3.C5H10N2O3.C5H11NO2S/c10-8(9(12)13)5-6-1-3-7(11)4-2-6;6-3(5(9)10)1-2-4(7)8;1-9-3-2-4(6)5(7)8/h1-4,8,11H,5,10H2,(H,12,13);3H,1-2,6H2,(H2,7,8)(H,9,10);4H,2-3,6H2,1H3,(H,7,8). The van der Waals surface area contributed by atoms with E-state index < -0.39 is 41.9 Å². The predicted octanol–water partition coefficient (Wildman–Crippen LogP) is -0.838. The molecule has 1 aromatic carbocycles. The van der Waals surface area contributed by atoms with Gasteiger partial charge in [0.2, 0.25) is 5.91 Å². The van der Waals surface area contributed by atoms with Gasteiger partial charge in [0.25, 0.3) is 0 Å². The summed E-state index contributed by atoms with van der Waals surface area (Å²) in [5.41, 5.74) is 21.1. The summed E-state index contributed by atoms with van der Waals surface area (Å²) in [7, 11) is 0. The van der Waals surface area contributed by atoms with Crippen LogP contribution < -0.4 is 22.9 Å². The first-order valence-electron chi connectivity index (χ1n) is 9.32. The fraction of sp³-hybridized carbons (Fsp3) is 0.474. The topological polar surface area (TPSA) is 253 Å². The van der Waals surface area contributed by atoms with E-state index in [9.17, 15) is 19.2 Å². The summed E-state index contributed by atoms with van der Waals surface area (Å²) in [6, 6.07) is 3.76. The summed E-state index contributed by atoms with van der Waals surface area (Å²) >= 11 is 1.60. The third-order valence-corrected chi connectivity index (χ3v) is 4.32. The van der Waals surface area contributed by atoms with Crippen LogP contribution in [0.4, 0.5) is 0 Å². The first kappa shape index (κ1) is 31.3. The van der Waals surface area contributed by atoms with Crippen LogP contribution in [0.2, 0.25) is 0 Å². The number of carboxylic acid groups (broad SMARTS) is 3. The summed E-state index contributed by atoms with van der Waals surface area (Å²) in [6.45, 7) is 0. The first-order valence-corrected chi connectivity index (χ1v) is 10.7. The highest BCUT2D eigenvalue weighted by molar-refractivity contribution is 7.98. The van der Waals surface area contributed by atoms with Gasteiger partial charge in [0.15, 0.2) is 0 Å². The number of hydrogen-bond donors (Lipinski definition) is 8. The van der Waals surface area contributed by atoms with Crippen LogP contribution in [0.3, 0.4) is 0 Å². The monoisotopic (exact) mass is 476 g/mol. The summed E-state index contributed by atoms with van der Waals surface area (Å²) in [5, 5.41) is 34.0. The number of carbonyl (C=O) groups is 4. The zero-order valence-electron chi connectivity index (χ0n) is 17.7. The summed E-state index contributed by atoms with van der Waals surface area (Å²) in [4.78, 5) is 40.6. The van der Waals surface area contributed by atoms with Gasteiger partial charge in [-0.3, -0.25) is 19.2 Å². The SMILES string of the molecule is CSCCC(N)C(=O)O.NC(=O)CCC(N)C(=O)O.NC(Cc1ccc(O)cc1)C(=O)O. The van der Waals surface area contributed by atoms with Crippen LogP contribution in [0.5, 0.6) is 5.75 Å². The van der Waals surface area contributed by atoms with Gasteiger partial charge < -0.3 is 43.4 Å². The molecule has 0 bridgehead atoms. The van der Waals surface area contributed by atoms with Crippen molar-refractivity contribution in [2.75, 3.05) is 12.0 Å². The molecule has 1 aromatic rings. The van der Waals surface area contributed by atoms with Crippen molar-refractivity contribution in [3.63, 3.8) is 0 Å². The lowest BCUT2D eigenvalue weighted by atomic mass is 10.1. The molecule has 0 spiro atoms. The zero-order valence-corrected chi connectivity index (χ0v) is 18.5. The number of phenols is 1. The van der Waals surface area contributed by atoms with Gasteiger partial charge in [0.05, 0.1) is 0 Å². The fourth-order valence-electron chi connectivity index (χ4n) is 1.76. The minimum absolute atomic E-state index is 0.0213. The van der Waals surface area contributed by atoms with Crippen LogP contribution >= 0.6 is 11.8 Å². The van der Waals surface area contributed by atoms with Gasteiger partial charge in [0, 0.05) is 6.42 Å². The van der Waals surface area contributed by atoms with E-state index in [-0.39, 0.29) is 25.0 Å². The van der Waals surface area contributed by atoms with Gasteiger partial charge in [-0.05, 0) is 49.0 Å². The molecule has 1 rings (SSSR count). The summed E-state index contributed by atoms with van der Waals surface area (Å²) < 4.78 is 0. The molecule has 0 heterocycles. The Kier molecular flexibility index (Phi) is 17.4. The van der Waals surface area contributed by atoms with E-state index >= 15 is 0 Å². The van der Waals surface area contributed by atoms with Gasteiger partial charge in [-0.15, -0.1) is 0 Å². The Morgan fingerprint density at radius 1 is 0.844 bits per heavy atom. The number of nitrogens with two attached hydrogens (primary N) is 4. The van der Waals surface area contributed by atoms with Crippen LogP contribution in [0.1, 0.15) is 24.8 Å². The molecule has 1 amide bonds. The van der Waals surface area contributed by atoms with Crippen molar-refractivity contribution in [2.24, 2.45) is 22.9 Å². The lowest BCUT2D eigenvalue weighted by molar-refractivity contribution is -0.139. The number of rotatable bonds is 11. The Labute approximate surface area is 189 Å². The molecule has 0 aromatic heterocycles. The van der Waals surface area contributed by atoms with Crippen molar-refractivity contribution < 1.29 is 39.6 Å². The minimum Gasteiger partial charge on any atom is -0.508 e. The first-order chi connectivity index (χ1) is 14.8. The van der Waals surface area contributed by atoms with Crippen LogP contribution in [0, 0.1) is 0 Å².